The van der Waals surface area contributed by atoms with E-state index < -0.39 is 20.8 Å². The van der Waals surface area contributed by atoms with Crippen molar-refractivity contribution in [2.45, 2.75) is 4.90 Å². The molecule has 112 valence electrons. The van der Waals surface area contributed by atoms with Crippen LogP contribution in [0.1, 0.15) is 0 Å². The number of hydrogen-bond donors (Lipinski definition) is 0. The van der Waals surface area contributed by atoms with Gasteiger partial charge in [0.05, 0.1) is 19.1 Å². The van der Waals surface area contributed by atoms with Crippen molar-refractivity contribution in [3.63, 3.8) is 0 Å². The lowest BCUT2D eigenvalue weighted by Crippen LogP contribution is -2.41. The van der Waals surface area contributed by atoms with Gasteiger partial charge in [-0.25, -0.2) is 8.42 Å². The zero-order chi connectivity index (χ0) is 14.8. The van der Waals surface area contributed by atoms with Gasteiger partial charge in [-0.2, -0.15) is 4.31 Å². The zero-order valence-corrected chi connectivity index (χ0v) is 13.0. The summed E-state index contributed by atoms with van der Waals surface area (Å²) in [6, 6.07) is 4.50. The van der Waals surface area contributed by atoms with E-state index in [1.165, 1.54) is 30.7 Å². The highest BCUT2D eigenvalue weighted by atomic mass is 32.2. The lowest BCUT2D eigenvalue weighted by Gasteiger charge is -2.25. The Morgan fingerprint density at radius 2 is 1.70 bits per heavy atom. The molecule has 0 bridgehead atoms. The maximum atomic E-state index is 12.5. The largest absolute Gasteiger partial charge is 0.493 e. The summed E-state index contributed by atoms with van der Waals surface area (Å²) >= 11 is 0. The molecule has 8 heteroatoms. The van der Waals surface area contributed by atoms with E-state index in [0.29, 0.717) is 23.0 Å². The average Bonchev–Trinajstić information content (AvgIpc) is 2.46. The minimum atomic E-state index is -3.58. The first-order valence-corrected chi connectivity index (χ1v) is 8.99. The molecular formula is C12H17NO5S2. The van der Waals surface area contributed by atoms with Gasteiger partial charge in [0.2, 0.25) is 10.0 Å². The standard InChI is InChI=1S/C12H17NO5S2/c1-17-11-4-3-10(9-12(11)18-2)20(15,16)13-5-7-19(14)8-6-13/h3-4,9H,5-8H2,1-2H3. The molecule has 20 heavy (non-hydrogen) atoms. The van der Waals surface area contributed by atoms with Crippen molar-refractivity contribution < 1.29 is 22.1 Å². The number of methoxy groups -OCH3 is 2. The Kier molecular flexibility index (Phi) is 4.66. The molecule has 0 unspecified atom stereocenters. The van der Waals surface area contributed by atoms with E-state index in [0.717, 1.165) is 0 Å². The van der Waals surface area contributed by atoms with Gasteiger partial charge in [0, 0.05) is 41.5 Å². The maximum absolute atomic E-state index is 12.5. The van der Waals surface area contributed by atoms with E-state index in [4.69, 9.17) is 9.47 Å². The predicted octanol–water partition coefficient (Wildman–Crippen LogP) is 0.457. The molecule has 1 heterocycles. The Balaban J connectivity index is 2.32. The minimum Gasteiger partial charge on any atom is -0.493 e. The van der Waals surface area contributed by atoms with Gasteiger partial charge < -0.3 is 9.47 Å². The fraction of sp³-hybridized carbons (Fsp3) is 0.500. The molecule has 1 saturated heterocycles. The van der Waals surface area contributed by atoms with Crippen LogP contribution in [-0.2, 0) is 20.8 Å². The average molecular weight is 319 g/mol. The van der Waals surface area contributed by atoms with Crippen LogP contribution >= 0.6 is 0 Å². The van der Waals surface area contributed by atoms with Crippen LogP contribution < -0.4 is 9.47 Å². The van der Waals surface area contributed by atoms with Crippen LogP contribution in [0.25, 0.3) is 0 Å². The van der Waals surface area contributed by atoms with Gasteiger partial charge in [-0.1, -0.05) is 0 Å². The molecule has 1 aliphatic rings. The molecule has 0 spiro atoms. The summed E-state index contributed by atoms with van der Waals surface area (Å²) in [4.78, 5) is 0.155. The molecule has 2 rings (SSSR count). The molecule has 6 nitrogen and oxygen atoms in total. The second kappa shape index (κ2) is 6.11. The molecule has 0 aliphatic carbocycles. The summed E-state index contributed by atoms with van der Waals surface area (Å²) in [5.74, 6) is 1.61. The Labute approximate surface area is 121 Å². The van der Waals surface area contributed by atoms with Crippen molar-refractivity contribution in [3.05, 3.63) is 18.2 Å². The molecular weight excluding hydrogens is 302 g/mol. The first-order valence-electron chi connectivity index (χ1n) is 6.06. The number of rotatable bonds is 4. The smallest absolute Gasteiger partial charge is 0.243 e. The van der Waals surface area contributed by atoms with Crippen molar-refractivity contribution >= 4 is 20.8 Å². The summed E-state index contributed by atoms with van der Waals surface area (Å²) in [5, 5.41) is 0. The molecule has 1 fully saturated rings. The van der Waals surface area contributed by atoms with Crippen molar-refractivity contribution in [3.8, 4) is 11.5 Å². The summed E-state index contributed by atoms with van der Waals surface area (Å²) in [6.45, 7) is 0.562. The van der Waals surface area contributed by atoms with Crippen LogP contribution in [0.4, 0.5) is 0 Å². The Morgan fingerprint density at radius 3 is 2.25 bits per heavy atom. The summed E-state index contributed by atoms with van der Waals surface area (Å²) in [6.07, 6.45) is 0. The number of benzene rings is 1. The SMILES string of the molecule is COc1ccc(S(=O)(=O)N2CCS(=O)CC2)cc1OC. The van der Waals surface area contributed by atoms with E-state index in [1.807, 2.05) is 0 Å². The molecule has 0 amide bonds. The normalized spacial score (nSPS) is 17.9. The van der Waals surface area contributed by atoms with Gasteiger partial charge in [-0.05, 0) is 12.1 Å². The topological polar surface area (TPSA) is 72.9 Å². The van der Waals surface area contributed by atoms with E-state index in [2.05, 4.69) is 0 Å². The minimum absolute atomic E-state index is 0.155. The summed E-state index contributed by atoms with van der Waals surface area (Å²) < 4.78 is 47.9. The van der Waals surface area contributed by atoms with Crippen LogP contribution in [0.5, 0.6) is 11.5 Å². The second-order valence-corrected chi connectivity index (χ2v) is 7.90. The van der Waals surface area contributed by atoms with Crippen LogP contribution in [0.15, 0.2) is 23.1 Å². The van der Waals surface area contributed by atoms with Gasteiger partial charge in [-0.3, -0.25) is 4.21 Å². The van der Waals surface area contributed by atoms with Gasteiger partial charge in [0.1, 0.15) is 0 Å². The van der Waals surface area contributed by atoms with Crippen LogP contribution in [-0.4, -0.2) is 55.7 Å². The quantitative estimate of drug-likeness (QED) is 0.806. The molecule has 1 aromatic carbocycles. The number of sulfonamides is 1. The first-order chi connectivity index (χ1) is 9.48. The monoisotopic (exact) mass is 319 g/mol. The maximum Gasteiger partial charge on any atom is 0.243 e. The highest BCUT2D eigenvalue weighted by molar-refractivity contribution is 7.89. The zero-order valence-electron chi connectivity index (χ0n) is 11.4. The number of hydrogen-bond acceptors (Lipinski definition) is 5. The van der Waals surface area contributed by atoms with E-state index >= 15 is 0 Å². The van der Waals surface area contributed by atoms with Crippen LogP contribution in [0, 0.1) is 0 Å². The van der Waals surface area contributed by atoms with Gasteiger partial charge in [0.15, 0.2) is 11.5 Å². The van der Waals surface area contributed by atoms with E-state index in [-0.39, 0.29) is 18.0 Å². The highest BCUT2D eigenvalue weighted by Crippen LogP contribution is 2.30. The predicted molar refractivity (Wildman–Crippen MR) is 76.2 cm³/mol. The van der Waals surface area contributed by atoms with Crippen molar-refractivity contribution in [1.82, 2.24) is 4.31 Å². The summed E-state index contributed by atoms with van der Waals surface area (Å²) in [7, 11) is -1.55. The van der Waals surface area contributed by atoms with E-state index in [9.17, 15) is 12.6 Å². The molecule has 0 saturated carbocycles. The molecule has 0 atom stereocenters. The number of ether oxygens (including phenoxy) is 2. The van der Waals surface area contributed by atoms with Gasteiger partial charge >= 0.3 is 0 Å². The number of nitrogens with zero attached hydrogens (tertiary/aromatic N) is 1. The van der Waals surface area contributed by atoms with Crippen LogP contribution in [0.2, 0.25) is 0 Å². The fourth-order valence-electron chi connectivity index (χ4n) is 1.99. The van der Waals surface area contributed by atoms with Crippen molar-refractivity contribution in [2.24, 2.45) is 0 Å². The Bertz CT molecular complexity index is 604. The highest BCUT2D eigenvalue weighted by Gasteiger charge is 2.28. The van der Waals surface area contributed by atoms with E-state index in [1.54, 1.807) is 6.07 Å². The molecule has 1 aliphatic heterocycles. The molecule has 1 aromatic rings. The van der Waals surface area contributed by atoms with Crippen LogP contribution in [0.3, 0.4) is 0 Å². The van der Waals surface area contributed by atoms with Gasteiger partial charge in [-0.15, -0.1) is 0 Å². The first kappa shape index (κ1) is 15.3. The third-order valence-corrected chi connectivity index (χ3v) is 6.30. The second-order valence-electron chi connectivity index (χ2n) is 4.27. The molecule has 0 radical (unpaired) electrons. The van der Waals surface area contributed by atoms with Crippen molar-refractivity contribution in [1.29, 1.82) is 0 Å². The molecule has 0 aromatic heterocycles. The third-order valence-electron chi connectivity index (χ3n) is 3.13. The molecule has 0 N–H and O–H groups in total. The Morgan fingerprint density at radius 1 is 1.10 bits per heavy atom. The summed E-state index contributed by atoms with van der Waals surface area (Å²) in [5.41, 5.74) is 0. The van der Waals surface area contributed by atoms with Gasteiger partial charge in [0.25, 0.3) is 0 Å². The Hall–Kier alpha value is -1.12. The fourth-order valence-corrected chi connectivity index (χ4v) is 4.73. The third kappa shape index (κ3) is 2.97. The lowest BCUT2D eigenvalue weighted by molar-refractivity contribution is 0.353. The van der Waals surface area contributed by atoms with Crippen molar-refractivity contribution in [2.75, 3.05) is 38.8 Å². The lowest BCUT2D eigenvalue weighted by atomic mass is 10.3.